The van der Waals surface area contributed by atoms with Crippen LogP contribution < -0.4 is 0 Å². The average Bonchev–Trinajstić information content (AvgIpc) is 3.09. The van der Waals surface area contributed by atoms with E-state index in [1.807, 2.05) is 30.0 Å². The van der Waals surface area contributed by atoms with Gasteiger partial charge in [-0.2, -0.15) is 0 Å². The van der Waals surface area contributed by atoms with Gasteiger partial charge in [-0.15, -0.1) is 0 Å². The average molecular weight is 350 g/mol. The summed E-state index contributed by atoms with van der Waals surface area (Å²) in [6.45, 7) is 2.74. The van der Waals surface area contributed by atoms with E-state index in [0.717, 1.165) is 47.8 Å². The van der Waals surface area contributed by atoms with Crippen LogP contribution in [0.3, 0.4) is 0 Å². The molecule has 4 heteroatoms. The van der Waals surface area contributed by atoms with Crippen molar-refractivity contribution in [1.29, 1.82) is 0 Å². The molecule has 3 rings (SSSR count). The predicted molar refractivity (Wildman–Crippen MR) is 85.3 cm³/mol. The van der Waals surface area contributed by atoms with Gasteiger partial charge in [0.25, 0.3) is 5.91 Å². The summed E-state index contributed by atoms with van der Waals surface area (Å²) in [7, 11) is 0. The Hall–Kier alpha value is -1.16. The van der Waals surface area contributed by atoms with E-state index in [-0.39, 0.29) is 17.9 Å². The highest BCUT2D eigenvalue weighted by atomic mass is 79.9. The first kappa shape index (κ1) is 14.8. The van der Waals surface area contributed by atoms with Crippen LogP contribution in [-0.2, 0) is 4.79 Å². The molecule has 1 heterocycles. The second kappa shape index (κ2) is 5.91. The third-order valence-electron chi connectivity index (χ3n) is 4.87. The van der Waals surface area contributed by atoms with Crippen molar-refractivity contribution in [3.8, 4) is 0 Å². The summed E-state index contributed by atoms with van der Waals surface area (Å²) in [6.07, 6.45) is 4.60. The van der Waals surface area contributed by atoms with Crippen LogP contribution in [0.15, 0.2) is 22.7 Å². The van der Waals surface area contributed by atoms with Gasteiger partial charge in [-0.3, -0.25) is 9.59 Å². The lowest BCUT2D eigenvalue weighted by Gasteiger charge is -2.29. The second-order valence-corrected chi connectivity index (χ2v) is 6.94. The standard InChI is InChI=1S/C17H20BrNO2/c1-11-12(5-2-7-14(11)18)17(21)19-10-4-8-15(19)13-6-3-9-16(13)20/h2,5,7,13,15H,3-4,6,8-10H2,1H3. The van der Waals surface area contributed by atoms with Gasteiger partial charge < -0.3 is 4.90 Å². The smallest absolute Gasteiger partial charge is 0.254 e. The number of Topliss-reactive ketones (excluding diaryl/α,β-unsaturated/α-hetero) is 1. The fourth-order valence-corrected chi connectivity index (χ4v) is 4.07. The summed E-state index contributed by atoms with van der Waals surface area (Å²) in [5.41, 5.74) is 1.73. The molecule has 1 aliphatic carbocycles. The molecule has 3 nitrogen and oxygen atoms in total. The molecule has 1 aliphatic heterocycles. The van der Waals surface area contributed by atoms with E-state index in [4.69, 9.17) is 0 Å². The Kier molecular flexibility index (Phi) is 4.16. The molecule has 0 bridgehead atoms. The van der Waals surface area contributed by atoms with Crippen molar-refractivity contribution in [2.24, 2.45) is 5.92 Å². The number of carbonyl (C=O) groups is 2. The molecular weight excluding hydrogens is 330 g/mol. The first-order valence-corrected chi connectivity index (χ1v) is 8.47. The molecule has 2 unspecified atom stereocenters. The molecule has 21 heavy (non-hydrogen) atoms. The van der Waals surface area contributed by atoms with Gasteiger partial charge in [-0.25, -0.2) is 0 Å². The van der Waals surface area contributed by atoms with Crippen LogP contribution in [0.4, 0.5) is 0 Å². The third-order valence-corrected chi connectivity index (χ3v) is 5.73. The van der Waals surface area contributed by atoms with E-state index in [1.54, 1.807) is 0 Å². The molecule has 2 fully saturated rings. The van der Waals surface area contributed by atoms with E-state index >= 15 is 0 Å². The number of hydrogen-bond donors (Lipinski definition) is 0. The molecule has 1 aromatic carbocycles. The van der Waals surface area contributed by atoms with Crippen molar-refractivity contribution in [2.45, 2.75) is 45.1 Å². The Balaban J connectivity index is 1.86. The maximum atomic E-state index is 12.9. The van der Waals surface area contributed by atoms with Crippen LogP contribution in [0.2, 0.25) is 0 Å². The summed E-state index contributed by atoms with van der Waals surface area (Å²) in [6, 6.07) is 5.85. The Labute approximate surface area is 133 Å². The molecule has 0 aromatic heterocycles. The summed E-state index contributed by atoms with van der Waals surface area (Å²) >= 11 is 3.49. The van der Waals surface area contributed by atoms with Gasteiger partial charge in [0.2, 0.25) is 0 Å². The number of likely N-dealkylation sites (tertiary alicyclic amines) is 1. The highest BCUT2D eigenvalue weighted by molar-refractivity contribution is 9.10. The number of nitrogens with zero attached hydrogens (tertiary/aromatic N) is 1. The van der Waals surface area contributed by atoms with Crippen LogP contribution in [0.1, 0.15) is 48.0 Å². The predicted octanol–water partition coefficient (Wildman–Crippen LogP) is 3.73. The van der Waals surface area contributed by atoms with E-state index in [0.29, 0.717) is 12.2 Å². The monoisotopic (exact) mass is 349 g/mol. The maximum absolute atomic E-state index is 12.9. The van der Waals surface area contributed by atoms with E-state index in [1.165, 1.54) is 0 Å². The lowest BCUT2D eigenvalue weighted by molar-refractivity contribution is -0.121. The highest BCUT2D eigenvalue weighted by Crippen LogP contribution is 2.34. The zero-order valence-electron chi connectivity index (χ0n) is 12.3. The van der Waals surface area contributed by atoms with Gasteiger partial charge in [-0.05, 0) is 50.3 Å². The molecule has 2 aliphatic rings. The molecule has 112 valence electrons. The molecular formula is C17H20BrNO2. The Morgan fingerprint density at radius 1 is 1.29 bits per heavy atom. The van der Waals surface area contributed by atoms with Gasteiger partial charge in [0.1, 0.15) is 5.78 Å². The summed E-state index contributed by atoms with van der Waals surface area (Å²) < 4.78 is 0.959. The number of ketones is 1. The van der Waals surface area contributed by atoms with Gasteiger partial charge in [-0.1, -0.05) is 22.0 Å². The van der Waals surface area contributed by atoms with Gasteiger partial charge in [0.15, 0.2) is 0 Å². The SMILES string of the molecule is Cc1c(Br)cccc1C(=O)N1CCCC1C1CCCC1=O. The molecule has 0 radical (unpaired) electrons. The number of halogens is 1. The van der Waals surface area contributed by atoms with Crippen LogP contribution in [0.5, 0.6) is 0 Å². The summed E-state index contributed by atoms with van der Waals surface area (Å²) in [5.74, 6) is 0.505. The van der Waals surface area contributed by atoms with Crippen molar-refractivity contribution in [2.75, 3.05) is 6.54 Å². The van der Waals surface area contributed by atoms with Gasteiger partial charge >= 0.3 is 0 Å². The molecule has 1 aromatic rings. The van der Waals surface area contributed by atoms with Crippen molar-refractivity contribution in [3.05, 3.63) is 33.8 Å². The fraction of sp³-hybridized carbons (Fsp3) is 0.529. The Bertz CT molecular complexity index is 584. The minimum Gasteiger partial charge on any atom is -0.335 e. The number of hydrogen-bond acceptors (Lipinski definition) is 2. The van der Waals surface area contributed by atoms with Crippen molar-refractivity contribution in [1.82, 2.24) is 4.90 Å². The number of benzene rings is 1. The molecule has 0 spiro atoms. The maximum Gasteiger partial charge on any atom is 0.254 e. The molecule has 1 amide bonds. The lowest BCUT2D eigenvalue weighted by Crippen LogP contribution is -2.41. The summed E-state index contributed by atoms with van der Waals surface area (Å²) in [5, 5.41) is 0. The zero-order chi connectivity index (χ0) is 15.0. The highest BCUT2D eigenvalue weighted by Gasteiger charge is 2.40. The second-order valence-electron chi connectivity index (χ2n) is 6.09. The van der Waals surface area contributed by atoms with Crippen molar-refractivity contribution >= 4 is 27.6 Å². The minimum absolute atomic E-state index is 0.0731. The molecule has 2 atom stereocenters. The fourth-order valence-electron chi connectivity index (χ4n) is 3.71. The number of amides is 1. The van der Waals surface area contributed by atoms with Crippen LogP contribution in [-0.4, -0.2) is 29.2 Å². The number of carbonyl (C=O) groups excluding carboxylic acids is 2. The first-order chi connectivity index (χ1) is 10.1. The summed E-state index contributed by atoms with van der Waals surface area (Å²) in [4.78, 5) is 26.9. The van der Waals surface area contributed by atoms with Gasteiger partial charge in [0.05, 0.1) is 0 Å². The van der Waals surface area contributed by atoms with Crippen LogP contribution in [0.25, 0.3) is 0 Å². The van der Waals surface area contributed by atoms with E-state index < -0.39 is 0 Å². The third kappa shape index (κ3) is 2.66. The van der Waals surface area contributed by atoms with Crippen LogP contribution in [0, 0.1) is 12.8 Å². The molecule has 1 saturated heterocycles. The largest absolute Gasteiger partial charge is 0.335 e. The van der Waals surface area contributed by atoms with Crippen LogP contribution >= 0.6 is 15.9 Å². The lowest BCUT2D eigenvalue weighted by atomic mass is 9.94. The van der Waals surface area contributed by atoms with E-state index in [9.17, 15) is 9.59 Å². The number of rotatable bonds is 2. The Morgan fingerprint density at radius 2 is 2.10 bits per heavy atom. The Morgan fingerprint density at radius 3 is 2.81 bits per heavy atom. The molecule has 1 saturated carbocycles. The quantitative estimate of drug-likeness (QED) is 0.815. The van der Waals surface area contributed by atoms with Gasteiger partial charge in [0, 0.05) is 35.0 Å². The molecule has 0 N–H and O–H groups in total. The first-order valence-electron chi connectivity index (χ1n) is 7.68. The minimum atomic E-state index is 0.0731. The van der Waals surface area contributed by atoms with Crippen molar-refractivity contribution < 1.29 is 9.59 Å². The topological polar surface area (TPSA) is 37.4 Å². The van der Waals surface area contributed by atoms with Crippen molar-refractivity contribution in [3.63, 3.8) is 0 Å². The normalized spacial score (nSPS) is 25.6. The zero-order valence-corrected chi connectivity index (χ0v) is 13.9. The van der Waals surface area contributed by atoms with E-state index in [2.05, 4.69) is 15.9 Å².